The van der Waals surface area contributed by atoms with E-state index in [-0.39, 0.29) is 17.7 Å². The van der Waals surface area contributed by atoms with E-state index in [1.54, 1.807) is 0 Å². The molecule has 0 saturated heterocycles. The molecule has 1 heterocycles. The second-order valence-electron chi connectivity index (χ2n) is 3.62. The molecule has 0 saturated carbocycles. The van der Waals surface area contributed by atoms with Crippen LogP contribution in [0.25, 0.3) is 0 Å². The van der Waals surface area contributed by atoms with Crippen molar-refractivity contribution < 1.29 is 18.3 Å². The molecule has 3 nitrogen and oxygen atoms in total. The number of methoxy groups -OCH3 is 1. The molecule has 0 spiro atoms. The maximum absolute atomic E-state index is 13.4. The van der Waals surface area contributed by atoms with Crippen LogP contribution in [0.5, 0.6) is 0 Å². The SMILES string of the molecule is COC(=O)c1cc2c([nH]1)CCCC2(F)F. The van der Waals surface area contributed by atoms with Gasteiger partial charge in [-0.05, 0) is 18.9 Å². The summed E-state index contributed by atoms with van der Waals surface area (Å²) in [6.07, 6.45) is 0.835. The van der Waals surface area contributed by atoms with Crippen LogP contribution in [0.4, 0.5) is 8.78 Å². The lowest BCUT2D eigenvalue weighted by Gasteiger charge is -2.21. The first-order chi connectivity index (χ1) is 7.04. The third kappa shape index (κ3) is 1.62. The Hall–Kier alpha value is -1.39. The monoisotopic (exact) mass is 215 g/mol. The Morgan fingerprint density at radius 3 is 2.93 bits per heavy atom. The summed E-state index contributed by atoms with van der Waals surface area (Å²) in [5.41, 5.74) is 0.491. The van der Waals surface area contributed by atoms with Crippen LogP contribution in [-0.4, -0.2) is 18.1 Å². The first kappa shape index (κ1) is 10.1. The van der Waals surface area contributed by atoms with E-state index in [4.69, 9.17) is 0 Å². The first-order valence-corrected chi connectivity index (χ1v) is 4.73. The average Bonchev–Trinajstić information content (AvgIpc) is 2.61. The van der Waals surface area contributed by atoms with Crippen LogP contribution in [0.15, 0.2) is 6.07 Å². The first-order valence-electron chi connectivity index (χ1n) is 4.73. The van der Waals surface area contributed by atoms with Crippen LogP contribution in [0.3, 0.4) is 0 Å². The largest absolute Gasteiger partial charge is 0.464 e. The van der Waals surface area contributed by atoms with E-state index in [9.17, 15) is 13.6 Å². The Labute approximate surface area is 85.4 Å². The van der Waals surface area contributed by atoms with Crippen molar-refractivity contribution in [2.75, 3.05) is 7.11 Å². The number of alkyl halides is 2. The molecule has 1 aromatic rings. The highest BCUT2D eigenvalue weighted by molar-refractivity contribution is 5.87. The number of rotatable bonds is 1. The number of hydrogen-bond acceptors (Lipinski definition) is 2. The van der Waals surface area contributed by atoms with Crippen molar-refractivity contribution in [2.24, 2.45) is 0 Å². The number of aryl methyl sites for hydroxylation is 1. The molecule has 0 aliphatic heterocycles. The number of fused-ring (bicyclic) bond motifs is 1. The fraction of sp³-hybridized carbons (Fsp3) is 0.500. The van der Waals surface area contributed by atoms with Crippen molar-refractivity contribution in [3.8, 4) is 0 Å². The summed E-state index contributed by atoms with van der Waals surface area (Å²) in [5, 5.41) is 0. The molecule has 0 radical (unpaired) electrons. The highest BCUT2D eigenvalue weighted by Crippen LogP contribution is 2.40. The van der Waals surface area contributed by atoms with Crippen LogP contribution in [0.2, 0.25) is 0 Å². The molecular formula is C10H11F2NO2. The second kappa shape index (κ2) is 3.32. The molecule has 1 aliphatic carbocycles. The summed E-state index contributed by atoms with van der Waals surface area (Å²) in [4.78, 5) is 13.8. The summed E-state index contributed by atoms with van der Waals surface area (Å²) < 4.78 is 31.3. The molecule has 0 aromatic carbocycles. The number of ether oxygens (including phenoxy) is 1. The van der Waals surface area contributed by atoms with Crippen LogP contribution in [0.1, 0.15) is 34.6 Å². The topological polar surface area (TPSA) is 42.1 Å². The molecule has 1 aromatic heterocycles. The summed E-state index contributed by atoms with van der Waals surface area (Å²) in [7, 11) is 1.22. The third-order valence-electron chi connectivity index (χ3n) is 2.62. The fourth-order valence-corrected chi connectivity index (χ4v) is 1.86. The van der Waals surface area contributed by atoms with E-state index in [2.05, 4.69) is 9.72 Å². The van der Waals surface area contributed by atoms with Crippen molar-refractivity contribution in [1.29, 1.82) is 0 Å². The molecule has 5 heteroatoms. The van der Waals surface area contributed by atoms with E-state index in [0.29, 0.717) is 18.5 Å². The number of nitrogens with one attached hydrogen (secondary N) is 1. The van der Waals surface area contributed by atoms with Gasteiger partial charge in [-0.1, -0.05) is 0 Å². The molecule has 0 atom stereocenters. The summed E-state index contributed by atoms with van der Waals surface area (Å²) in [6, 6.07) is 1.19. The van der Waals surface area contributed by atoms with Gasteiger partial charge in [0.25, 0.3) is 5.92 Å². The molecule has 0 bridgehead atoms. The lowest BCUT2D eigenvalue weighted by atomic mass is 9.94. The Balaban J connectivity index is 2.42. The maximum atomic E-state index is 13.4. The van der Waals surface area contributed by atoms with Gasteiger partial charge in [-0.25, -0.2) is 13.6 Å². The van der Waals surface area contributed by atoms with Crippen molar-refractivity contribution in [3.05, 3.63) is 23.0 Å². The number of H-pyrrole nitrogens is 1. The third-order valence-corrected chi connectivity index (χ3v) is 2.62. The van der Waals surface area contributed by atoms with Crippen molar-refractivity contribution >= 4 is 5.97 Å². The van der Waals surface area contributed by atoms with Gasteiger partial charge in [-0.3, -0.25) is 0 Å². The van der Waals surface area contributed by atoms with E-state index >= 15 is 0 Å². The standard InChI is InChI=1S/C10H11F2NO2/c1-15-9(14)8-5-6-7(13-8)3-2-4-10(6,11)12/h5,13H,2-4H2,1H3. The minimum Gasteiger partial charge on any atom is -0.464 e. The number of carbonyl (C=O) groups is 1. The molecule has 2 rings (SSSR count). The maximum Gasteiger partial charge on any atom is 0.354 e. The number of halogens is 2. The predicted molar refractivity (Wildman–Crippen MR) is 49.0 cm³/mol. The smallest absolute Gasteiger partial charge is 0.354 e. The summed E-state index contributed by atoms with van der Waals surface area (Å²) >= 11 is 0. The molecule has 0 unspecified atom stereocenters. The van der Waals surface area contributed by atoms with Gasteiger partial charge in [0.15, 0.2) is 0 Å². The van der Waals surface area contributed by atoms with Crippen LogP contribution < -0.4 is 0 Å². The highest BCUT2D eigenvalue weighted by Gasteiger charge is 2.38. The molecule has 0 fully saturated rings. The number of aromatic nitrogens is 1. The van der Waals surface area contributed by atoms with Crippen molar-refractivity contribution in [2.45, 2.75) is 25.2 Å². The number of carbonyl (C=O) groups excluding carboxylic acids is 1. The fourth-order valence-electron chi connectivity index (χ4n) is 1.86. The Morgan fingerprint density at radius 1 is 1.60 bits per heavy atom. The average molecular weight is 215 g/mol. The zero-order valence-electron chi connectivity index (χ0n) is 8.27. The van der Waals surface area contributed by atoms with Gasteiger partial charge < -0.3 is 9.72 Å². The minimum atomic E-state index is -2.82. The lowest BCUT2D eigenvalue weighted by molar-refractivity contribution is -0.0216. The Bertz CT molecular complexity index is 398. The minimum absolute atomic E-state index is 0.0610. The predicted octanol–water partition coefficient (Wildman–Crippen LogP) is 2.23. The van der Waals surface area contributed by atoms with Gasteiger partial charge in [0, 0.05) is 17.7 Å². The quantitative estimate of drug-likeness (QED) is 0.730. The Morgan fingerprint density at radius 2 is 2.33 bits per heavy atom. The highest BCUT2D eigenvalue weighted by atomic mass is 19.3. The van der Waals surface area contributed by atoms with Gasteiger partial charge in [0.1, 0.15) is 5.69 Å². The second-order valence-corrected chi connectivity index (χ2v) is 3.62. The van der Waals surface area contributed by atoms with Crippen molar-refractivity contribution in [3.63, 3.8) is 0 Å². The molecule has 82 valence electrons. The van der Waals surface area contributed by atoms with E-state index in [0.717, 1.165) is 0 Å². The molecule has 0 amide bonds. The van der Waals surface area contributed by atoms with Gasteiger partial charge >= 0.3 is 5.97 Å². The number of hydrogen-bond donors (Lipinski definition) is 1. The normalized spacial score (nSPS) is 18.3. The zero-order valence-corrected chi connectivity index (χ0v) is 8.27. The molecular weight excluding hydrogens is 204 g/mol. The molecule has 1 aliphatic rings. The summed E-state index contributed by atoms with van der Waals surface area (Å²) in [5.74, 6) is -3.43. The van der Waals surface area contributed by atoms with E-state index in [1.807, 2.05) is 0 Å². The van der Waals surface area contributed by atoms with Gasteiger partial charge in [0.05, 0.1) is 7.11 Å². The molecule has 1 N–H and O–H groups in total. The Kier molecular flexibility index (Phi) is 2.25. The number of aromatic amines is 1. The van der Waals surface area contributed by atoms with E-state index < -0.39 is 11.9 Å². The summed E-state index contributed by atoms with van der Waals surface area (Å²) in [6.45, 7) is 0. The lowest BCUT2D eigenvalue weighted by Crippen LogP contribution is -2.19. The van der Waals surface area contributed by atoms with E-state index in [1.165, 1.54) is 13.2 Å². The number of esters is 1. The van der Waals surface area contributed by atoms with Crippen LogP contribution in [0, 0.1) is 0 Å². The van der Waals surface area contributed by atoms with Crippen molar-refractivity contribution in [1.82, 2.24) is 4.98 Å². The zero-order chi connectivity index (χ0) is 11.1. The van der Waals surface area contributed by atoms with Gasteiger partial charge in [0.2, 0.25) is 0 Å². The van der Waals surface area contributed by atoms with Crippen LogP contribution >= 0.6 is 0 Å². The van der Waals surface area contributed by atoms with Gasteiger partial charge in [-0.2, -0.15) is 0 Å². The van der Waals surface area contributed by atoms with Gasteiger partial charge in [-0.15, -0.1) is 0 Å². The van der Waals surface area contributed by atoms with Crippen LogP contribution in [-0.2, 0) is 17.1 Å². The molecule has 15 heavy (non-hydrogen) atoms.